The van der Waals surface area contributed by atoms with Gasteiger partial charge in [-0.05, 0) is 6.42 Å². The fourth-order valence-corrected chi connectivity index (χ4v) is 0.822. The number of rotatable bonds is 4. The summed E-state index contributed by atoms with van der Waals surface area (Å²) in [6.45, 7) is 0.559. The van der Waals surface area contributed by atoms with Crippen LogP contribution in [0.1, 0.15) is 17.0 Å². The largest absolute Gasteiger partial charge is 0.351 e. The minimum Gasteiger partial charge on any atom is -0.351 e. The first-order valence-corrected chi connectivity index (χ1v) is 4.13. The molecular weight excluding hydrogens is 180 g/mol. The van der Waals surface area contributed by atoms with Crippen LogP contribution in [-0.4, -0.2) is 23.5 Å². The van der Waals surface area contributed by atoms with Gasteiger partial charge in [-0.1, -0.05) is 5.16 Å². The van der Waals surface area contributed by atoms with Gasteiger partial charge in [0, 0.05) is 18.5 Å². The molecule has 1 rings (SSSR count). The Morgan fingerprint density at radius 3 is 3.17 bits per heavy atom. The molecule has 0 aliphatic carbocycles. The molecule has 4 nitrogen and oxygen atoms in total. The fourth-order valence-electron chi connectivity index (χ4n) is 0.689. The van der Waals surface area contributed by atoms with Gasteiger partial charge in [0.15, 0.2) is 0 Å². The van der Waals surface area contributed by atoms with Crippen LogP contribution in [0.15, 0.2) is 16.8 Å². The topological polar surface area (TPSA) is 55.1 Å². The molecule has 1 aromatic heterocycles. The van der Waals surface area contributed by atoms with Crippen LogP contribution in [0.3, 0.4) is 0 Å². The maximum absolute atomic E-state index is 11.1. The molecule has 0 radical (unpaired) electrons. The lowest BCUT2D eigenvalue weighted by molar-refractivity contribution is 0.0917. The quantitative estimate of drug-likeness (QED) is 0.567. The highest BCUT2D eigenvalue weighted by atomic mass is 35.5. The van der Waals surface area contributed by atoms with Crippen molar-refractivity contribution in [1.82, 2.24) is 10.5 Å². The first kappa shape index (κ1) is 9.06. The maximum Gasteiger partial charge on any atom is 0.289 e. The molecule has 0 spiro atoms. The molecule has 12 heavy (non-hydrogen) atoms. The number of carbonyl (C=O) groups excluding carboxylic acids is 1. The molecule has 0 aliphatic heterocycles. The zero-order valence-corrected chi connectivity index (χ0v) is 7.17. The summed E-state index contributed by atoms with van der Waals surface area (Å²) >= 11 is 5.42. The number of hydrogen-bond donors (Lipinski definition) is 1. The van der Waals surface area contributed by atoms with E-state index in [1.54, 1.807) is 0 Å². The van der Waals surface area contributed by atoms with Crippen LogP contribution in [0.4, 0.5) is 0 Å². The molecule has 1 amide bonds. The number of alkyl halides is 1. The second-order valence-electron chi connectivity index (χ2n) is 2.18. The molecule has 0 fully saturated rings. The van der Waals surface area contributed by atoms with Gasteiger partial charge in [0.2, 0.25) is 5.76 Å². The average Bonchev–Trinajstić information content (AvgIpc) is 2.56. The normalized spacial score (nSPS) is 9.75. The van der Waals surface area contributed by atoms with Crippen molar-refractivity contribution in [2.45, 2.75) is 6.42 Å². The minimum absolute atomic E-state index is 0.226. The third-order valence-corrected chi connectivity index (χ3v) is 1.52. The summed E-state index contributed by atoms with van der Waals surface area (Å²) in [6.07, 6.45) is 2.18. The number of aromatic nitrogens is 1. The van der Waals surface area contributed by atoms with Crippen LogP contribution < -0.4 is 5.32 Å². The van der Waals surface area contributed by atoms with E-state index in [1.165, 1.54) is 12.3 Å². The van der Waals surface area contributed by atoms with Crippen molar-refractivity contribution in [2.75, 3.05) is 12.4 Å². The van der Waals surface area contributed by atoms with E-state index in [2.05, 4.69) is 15.0 Å². The van der Waals surface area contributed by atoms with Crippen molar-refractivity contribution in [1.29, 1.82) is 0 Å². The van der Waals surface area contributed by atoms with Crippen LogP contribution in [0.5, 0.6) is 0 Å². The number of carbonyl (C=O) groups is 1. The van der Waals surface area contributed by atoms with Gasteiger partial charge in [-0.15, -0.1) is 11.6 Å². The lowest BCUT2D eigenvalue weighted by atomic mass is 10.4. The molecule has 0 saturated heterocycles. The second-order valence-corrected chi connectivity index (χ2v) is 2.55. The van der Waals surface area contributed by atoms with E-state index < -0.39 is 0 Å². The molecule has 1 heterocycles. The summed E-state index contributed by atoms with van der Waals surface area (Å²) in [5, 5.41) is 6.04. The SMILES string of the molecule is O=C(NCCCCl)c1ccno1. The number of hydrogen-bond acceptors (Lipinski definition) is 3. The van der Waals surface area contributed by atoms with E-state index in [9.17, 15) is 4.79 Å². The van der Waals surface area contributed by atoms with Crippen LogP contribution >= 0.6 is 11.6 Å². The first-order valence-electron chi connectivity index (χ1n) is 3.59. The van der Waals surface area contributed by atoms with Crippen LogP contribution in [0, 0.1) is 0 Å². The van der Waals surface area contributed by atoms with Gasteiger partial charge in [-0.2, -0.15) is 0 Å². The molecule has 66 valence electrons. The Hall–Kier alpha value is -1.03. The van der Waals surface area contributed by atoms with Crippen molar-refractivity contribution in [3.63, 3.8) is 0 Å². The van der Waals surface area contributed by atoms with Gasteiger partial charge in [0.05, 0.1) is 6.20 Å². The van der Waals surface area contributed by atoms with Gasteiger partial charge in [-0.25, -0.2) is 0 Å². The summed E-state index contributed by atoms with van der Waals surface area (Å²) < 4.78 is 4.63. The zero-order chi connectivity index (χ0) is 8.81. The van der Waals surface area contributed by atoms with E-state index in [1.807, 2.05) is 0 Å². The zero-order valence-electron chi connectivity index (χ0n) is 6.42. The maximum atomic E-state index is 11.1. The third kappa shape index (κ3) is 2.54. The highest BCUT2D eigenvalue weighted by Crippen LogP contribution is 1.95. The number of amides is 1. The summed E-state index contributed by atoms with van der Waals surface area (Å²) in [6, 6.07) is 1.51. The standard InChI is InChI=1S/C7H9ClN2O2/c8-3-1-4-9-7(11)6-2-5-10-12-6/h2,5H,1,3-4H2,(H,9,11). The van der Waals surface area contributed by atoms with Gasteiger partial charge < -0.3 is 9.84 Å². The molecular formula is C7H9ClN2O2. The molecule has 0 bridgehead atoms. The van der Waals surface area contributed by atoms with Crippen LogP contribution in [0.25, 0.3) is 0 Å². The third-order valence-electron chi connectivity index (χ3n) is 1.26. The fraction of sp³-hybridized carbons (Fsp3) is 0.429. The van der Waals surface area contributed by atoms with E-state index >= 15 is 0 Å². The molecule has 0 atom stereocenters. The highest BCUT2D eigenvalue weighted by molar-refractivity contribution is 6.17. The lowest BCUT2D eigenvalue weighted by Gasteiger charge is -1.98. The second kappa shape index (κ2) is 4.77. The molecule has 1 N–H and O–H groups in total. The van der Waals surface area contributed by atoms with E-state index in [-0.39, 0.29) is 11.7 Å². The molecule has 1 aromatic rings. The van der Waals surface area contributed by atoms with E-state index in [0.717, 1.165) is 6.42 Å². The number of halogens is 1. The van der Waals surface area contributed by atoms with Gasteiger partial charge in [0.25, 0.3) is 5.91 Å². The Kier molecular flexibility index (Phi) is 3.60. The van der Waals surface area contributed by atoms with Crippen LogP contribution in [0.2, 0.25) is 0 Å². The first-order chi connectivity index (χ1) is 5.84. The van der Waals surface area contributed by atoms with Crippen molar-refractivity contribution < 1.29 is 9.32 Å². The summed E-state index contributed by atoms with van der Waals surface area (Å²) in [7, 11) is 0. The van der Waals surface area contributed by atoms with Gasteiger partial charge >= 0.3 is 0 Å². The van der Waals surface area contributed by atoms with Gasteiger partial charge in [0.1, 0.15) is 0 Å². The summed E-state index contributed by atoms with van der Waals surface area (Å²) in [5.74, 6) is 0.513. The molecule has 0 saturated carbocycles. The van der Waals surface area contributed by atoms with Crippen LogP contribution in [-0.2, 0) is 0 Å². The predicted molar refractivity (Wildman–Crippen MR) is 44.2 cm³/mol. The van der Waals surface area contributed by atoms with Gasteiger partial charge in [-0.3, -0.25) is 4.79 Å². The molecule has 0 aliphatic rings. The highest BCUT2D eigenvalue weighted by Gasteiger charge is 2.07. The van der Waals surface area contributed by atoms with E-state index in [4.69, 9.17) is 11.6 Å². The van der Waals surface area contributed by atoms with E-state index in [0.29, 0.717) is 12.4 Å². The lowest BCUT2D eigenvalue weighted by Crippen LogP contribution is -2.24. The Morgan fingerprint density at radius 1 is 1.75 bits per heavy atom. The smallest absolute Gasteiger partial charge is 0.289 e. The Balaban J connectivity index is 2.30. The molecule has 0 aromatic carbocycles. The van der Waals surface area contributed by atoms with Crippen molar-refractivity contribution >= 4 is 17.5 Å². The summed E-state index contributed by atoms with van der Waals surface area (Å²) in [5.41, 5.74) is 0. The van der Waals surface area contributed by atoms with Crippen molar-refractivity contribution in [3.8, 4) is 0 Å². The average molecular weight is 189 g/mol. The predicted octanol–water partition coefficient (Wildman–Crippen LogP) is 1.03. The minimum atomic E-state index is -0.252. The number of nitrogens with zero attached hydrogens (tertiary/aromatic N) is 1. The number of nitrogens with one attached hydrogen (secondary N) is 1. The molecule has 5 heteroatoms. The Labute approximate surface area is 74.9 Å². The van der Waals surface area contributed by atoms with Crippen molar-refractivity contribution in [3.05, 3.63) is 18.0 Å². The monoisotopic (exact) mass is 188 g/mol. The molecule has 0 unspecified atom stereocenters. The van der Waals surface area contributed by atoms with Crippen molar-refractivity contribution in [2.24, 2.45) is 0 Å². The Bertz CT molecular complexity index is 236. The Morgan fingerprint density at radius 2 is 2.58 bits per heavy atom. The summed E-state index contributed by atoms with van der Waals surface area (Å²) in [4.78, 5) is 11.1.